The predicted molar refractivity (Wildman–Crippen MR) is 70.4 cm³/mol. The monoisotopic (exact) mass is 279 g/mol. The minimum Gasteiger partial charge on any atom is -0.398 e. The van der Waals surface area contributed by atoms with Gasteiger partial charge >= 0.3 is 0 Å². The fourth-order valence-electron chi connectivity index (χ4n) is 2.39. The molecule has 0 unspecified atom stereocenters. The van der Waals surface area contributed by atoms with E-state index in [2.05, 4.69) is 15.4 Å². The maximum absolute atomic E-state index is 12.9. The first-order chi connectivity index (χ1) is 9.35. The molecule has 1 aliphatic carbocycles. The third-order valence-electron chi connectivity index (χ3n) is 3.68. The molecule has 7 heteroatoms. The number of halogens is 2. The molecule has 1 saturated carbocycles. The lowest BCUT2D eigenvalue weighted by molar-refractivity contribution is -0.110. The maximum Gasteiger partial charge on any atom is 0.252 e. The summed E-state index contributed by atoms with van der Waals surface area (Å²) >= 11 is 0. The van der Waals surface area contributed by atoms with Gasteiger partial charge in [-0.3, -0.25) is 0 Å². The smallest absolute Gasteiger partial charge is 0.252 e. The van der Waals surface area contributed by atoms with Crippen LogP contribution < -0.4 is 5.73 Å². The van der Waals surface area contributed by atoms with Crippen molar-refractivity contribution in [2.24, 2.45) is 0 Å². The Bertz CT molecular complexity index is 657. The fraction of sp³-hybridized carbons (Fsp3) is 0.462. The Balaban J connectivity index is 1.89. The molecule has 1 aliphatic rings. The van der Waals surface area contributed by atoms with Crippen LogP contribution in [0.2, 0.25) is 0 Å². The van der Waals surface area contributed by atoms with Gasteiger partial charge in [-0.1, -0.05) is 6.07 Å². The first kappa shape index (κ1) is 13.0. The second-order valence-electron chi connectivity index (χ2n) is 5.38. The van der Waals surface area contributed by atoms with Gasteiger partial charge in [0.1, 0.15) is 0 Å². The zero-order chi connectivity index (χ0) is 14.5. The van der Waals surface area contributed by atoms with E-state index in [4.69, 9.17) is 5.73 Å². The molecule has 0 spiro atoms. The summed E-state index contributed by atoms with van der Waals surface area (Å²) in [5.41, 5.74) is 9.28. The number of hydrogen-bond donors (Lipinski definition) is 1. The van der Waals surface area contributed by atoms with E-state index in [1.165, 1.54) is 4.80 Å². The minimum atomic E-state index is -2.59. The molecular weight excluding hydrogens is 264 g/mol. The van der Waals surface area contributed by atoms with Gasteiger partial charge < -0.3 is 5.73 Å². The molecule has 1 fully saturated rings. The van der Waals surface area contributed by atoms with Crippen molar-refractivity contribution in [3.63, 3.8) is 0 Å². The van der Waals surface area contributed by atoms with E-state index in [-0.39, 0.29) is 18.9 Å². The van der Waals surface area contributed by atoms with E-state index in [9.17, 15) is 8.78 Å². The van der Waals surface area contributed by atoms with Gasteiger partial charge in [0.05, 0.1) is 6.04 Å². The van der Waals surface area contributed by atoms with Crippen LogP contribution in [0.5, 0.6) is 0 Å². The molecule has 0 amide bonds. The van der Waals surface area contributed by atoms with Gasteiger partial charge in [-0.25, -0.2) is 8.78 Å². The third kappa shape index (κ3) is 2.13. The highest BCUT2D eigenvalue weighted by atomic mass is 19.3. The highest BCUT2D eigenvalue weighted by Gasteiger charge is 2.47. The summed E-state index contributed by atoms with van der Waals surface area (Å²) in [6, 6.07) is 3.37. The van der Waals surface area contributed by atoms with Crippen LogP contribution >= 0.6 is 0 Å². The van der Waals surface area contributed by atoms with Gasteiger partial charge in [-0.2, -0.15) is 4.80 Å². The number of hydrogen-bond acceptors (Lipinski definition) is 4. The highest BCUT2D eigenvalue weighted by molar-refractivity contribution is 5.67. The second kappa shape index (κ2) is 4.22. The number of anilines is 1. The Labute approximate surface area is 114 Å². The Morgan fingerprint density at radius 2 is 1.95 bits per heavy atom. The van der Waals surface area contributed by atoms with Crippen molar-refractivity contribution in [2.75, 3.05) is 5.73 Å². The molecule has 3 rings (SSSR count). The summed E-state index contributed by atoms with van der Waals surface area (Å²) in [5.74, 6) is -2.17. The van der Waals surface area contributed by atoms with E-state index >= 15 is 0 Å². The van der Waals surface area contributed by atoms with E-state index < -0.39 is 5.92 Å². The lowest BCUT2D eigenvalue weighted by atomic mass is 9.89. The molecule has 1 heterocycles. The molecule has 0 atom stereocenters. The summed E-state index contributed by atoms with van der Waals surface area (Å²) in [7, 11) is 0. The van der Waals surface area contributed by atoms with Crippen LogP contribution in [0.1, 0.15) is 30.0 Å². The minimum absolute atomic E-state index is 0.224. The Morgan fingerprint density at radius 1 is 1.25 bits per heavy atom. The largest absolute Gasteiger partial charge is 0.398 e. The summed E-state index contributed by atoms with van der Waals surface area (Å²) < 4.78 is 25.7. The molecule has 0 aliphatic heterocycles. The van der Waals surface area contributed by atoms with Gasteiger partial charge in [0.2, 0.25) is 5.82 Å². The van der Waals surface area contributed by atoms with E-state index in [0.717, 1.165) is 16.7 Å². The van der Waals surface area contributed by atoms with Crippen LogP contribution in [0.3, 0.4) is 0 Å². The first-order valence-corrected chi connectivity index (χ1v) is 6.40. The van der Waals surface area contributed by atoms with Crippen molar-refractivity contribution in [1.29, 1.82) is 0 Å². The quantitative estimate of drug-likeness (QED) is 0.857. The fourth-order valence-corrected chi connectivity index (χ4v) is 2.39. The van der Waals surface area contributed by atoms with Gasteiger partial charge in [0.25, 0.3) is 5.92 Å². The standard InChI is InChI=1S/C13H15F2N5/c1-7-3-8(2)11(16)4-10(7)12-17-19-20(18-12)9-5-13(14,15)6-9/h3-4,9H,5-6,16H2,1-2H3. The van der Waals surface area contributed by atoms with Crippen LogP contribution in [0.25, 0.3) is 11.4 Å². The number of aryl methyl sites for hydroxylation is 2. The van der Waals surface area contributed by atoms with Gasteiger partial charge in [-0.15, -0.1) is 10.2 Å². The molecule has 0 radical (unpaired) electrons. The maximum atomic E-state index is 12.9. The topological polar surface area (TPSA) is 69.6 Å². The number of nitrogens with two attached hydrogens (primary N) is 1. The van der Waals surface area contributed by atoms with Crippen molar-refractivity contribution in [1.82, 2.24) is 20.2 Å². The molecule has 0 bridgehead atoms. The van der Waals surface area contributed by atoms with Crippen molar-refractivity contribution in [2.45, 2.75) is 38.7 Å². The normalized spacial score (nSPS) is 18.0. The number of tetrazole rings is 1. The molecule has 106 valence electrons. The van der Waals surface area contributed by atoms with Crippen molar-refractivity contribution in [3.8, 4) is 11.4 Å². The number of benzene rings is 1. The highest BCUT2D eigenvalue weighted by Crippen LogP contribution is 2.44. The second-order valence-corrected chi connectivity index (χ2v) is 5.38. The van der Waals surface area contributed by atoms with Crippen molar-refractivity contribution in [3.05, 3.63) is 23.3 Å². The average molecular weight is 279 g/mol. The molecule has 1 aromatic carbocycles. The molecule has 1 aromatic heterocycles. The summed E-state index contributed by atoms with van der Waals surface area (Å²) in [4.78, 5) is 1.28. The average Bonchev–Trinajstić information content (AvgIpc) is 2.79. The molecule has 5 nitrogen and oxygen atoms in total. The zero-order valence-electron chi connectivity index (χ0n) is 11.3. The lowest BCUT2D eigenvalue weighted by Gasteiger charge is -2.33. The molecular formula is C13H15F2N5. The summed E-state index contributed by atoms with van der Waals surface area (Å²) in [5, 5.41) is 12.0. The van der Waals surface area contributed by atoms with Crippen molar-refractivity contribution < 1.29 is 8.78 Å². The van der Waals surface area contributed by atoms with Gasteiger partial charge in [0, 0.05) is 24.1 Å². The Kier molecular flexibility index (Phi) is 2.74. The SMILES string of the molecule is Cc1cc(C)c(-c2nnn(C3CC(F)(F)C3)n2)cc1N. The van der Waals surface area contributed by atoms with Gasteiger partial charge in [0.15, 0.2) is 0 Å². The van der Waals surface area contributed by atoms with Crippen LogP contribution in [0, 0.1) is 13.8 Å². The van der Waals surface area contributed by atoms with E-state index in [0.29, 0.717) is 11.5 Å². The summed E-state index contributed by atoms with van der Waals surface area (Å²) in [6.07, 6.45) is -0.449. The van der Waals surface area contributed by atoms with E-state index in [1.54, 1.807) is 6.07 Å². The third-order valence-corrected chi connectivity index (χ3v) is 3.68. The number of aromatic nitrogens is 4. The lowest BCUT2D eigenvalue weighted by Crippen LogP contribution is -2.38. The number of nitrogens with zero attached hydrogens (tertiary/aromatic N) is 4. The number of alkyl halides is 2. The molecule has 20 heavy (non-hydrogen) atoms. The summed E-state index contributed by atoms with van der Waals surface area (Å²) in [6.45, 7) is 3.85. The van der Waals surface area contributed by atoms with Crippen LogP contribution in [-0.4, -0.2) is 26.1 Å². The van der Waals surface area contributed by atoms with Crippen molar-refractivity contribution >= 4 is 5.69 Å². The Hall–Kier alpha value is -2.05. The first-order valence-electron chi connectivity index (χ1n) is 6.40. The van der Waals surface area contributed by atoms with Crippen LogP contribution in [0.4, 0.5) is 14.5 Å². The molecule has 2 N–H and O–H groups in total. The zero-order valence-corrected chi connectivity index (χ0v) is 11.3. The molecule has 0 saturated heterocycles. The predicted octanol–water partition coefficient (Wildman–Crippen LogP) is 2.51. The Morgan fingerprint density at radius 3 is 2.60 bits per heavy atom. The van der Waals surface area contributed by atoms with E-state index in [1.807, 2.05) is 19.9 Å². The van der Waals surface area contributed by atoms with Crippen LogP contribution in [0.15, 0.2) is 12.1 Å². The van der Waals surface area contributed by atoms with Crippen LogP contribution in [-0.2, 0) is 0 Å². The molecule has 2 aromatic rings. The number of rotatable bonds is 2. The number of nitrogen functional groups attached to an aromatic ring is 1. The van der Waals surface area contributed by atoms with Gasteiger partial charge in [-0.05, 0) is 36.3 Å².